The first-order valence-electron chi connectivity index (χ1n) is 5.45. The molecule has 1 aromatic carbocycles. The van der Waals surface area contributed by atoms with Crippen LogP contribution in [0.1, 0.15) is 16.1 Å². The highest BCUT2D eigenvalue weighted by molar-refractivity contribution is 9.11. The van der Waals surface area contributed by atoms with E-state index in [1.54, 1.807) is 30.8 Å². The lowest BCUT2D eigenvalue weighted by atomic mass is 10.2. The number of carbonyl (C=O) groups is 1. The molecule has 0 fully saturated rings. The van der Waals surface area contributed by atoms with Gasteiger partial charge in [0, 0.05) is 21.6 Å². The van der Waals surface area contributed by atoms with Crippen molar-refractivity contribution in [2.24, 2.45) is 7.05 Å². The van der Waals surface area contributed by atoms with E-state index in [0.717, 1.165) is 8.95 Å². The van der Waals surface area contributed by atoms with E-state index in [2.05, 4.69) is 42.3 Å². The van der Waals surface area contributed by atoms with E-state index in [1.165, 1.54) is 0 Å². The summed E-state index contributed by atoms with van der Waals surface area (Å²) < 4.78 is 3.19. The summed E-state index contributed by atoms with van der Waals surface area (Å²) in [6.45, 7) is 1.79. The van der Waals surface area contributed by atoms with Gasteiger partial charge in [-0.3, -0.25) is 9.48 Å². The summed E-state index contributed by atoms with van der Waals surface area (Å²) in [6, 6.07) is 5.33. The molecule has 0 radical (unpaired) electrons. The van der Waals surface area contributed by atoms with Crippen LogP contribution in [0.15, 0.2) is 27.1 Å². The number of anilines is 2. The molecule has 2 aromatic rings. The van der Waals surface area contributed by atoms with Crippen molar-refractivity contribution >= 4 is 49.3 Å². The smallest absolute Gasteiger partial charge is 0.256 e. The monoisotopic (exact) mass is 386 g/mol. The summed E-state index contributed by atoms with van der Waals surface area (Å²) in [5.74, 6) is 0.260. The van der Waals surface area contributed by atoms with Crippen molar-refractivity contribution in [1.82, 2.24) is 9.78 Å². The molecular formula is C12H12Br2N4O. The van der Waals surface area contributed by atoms with Crippen LogP contribution < -0.4 is 11.1 Å². The Morgan fingerprint density at radius 2 is 1.89 bits per heavy atom. The number of rotatable bonds is 2. The van der Waals surface area contributed by atoms with Crippen LogP contribution in [-0.4, -0.2) is 15.7 Å². The Morgan fingerprint density at radius 3 is 2.37 bits per heavy atom. The van der Waals surface area contributed by atoms with Gasteiger partial charge >= 0.3 is 0 Å². The molecular weight excluding hydrogens is 376 g/mol. The second-order valence-corrected chi connectivity index (χ2v) is 5.91. The molecule has 0 bridgehead atoms. The quantitative estimate of drug-likeness (QED) is 0.831. The lowest BCUT2D eigenvalue weighted by Crippen LogP contribution is -2.15. The molecule has 2 rings (SSSR count). The number of aromatic nitrogens is 2. The van der Waals surface area contributed by atoms with E-state index in [4.69, 9.17) is 5.73 Å². The number of nitrogens with one attached hydrogen (secondary N) is 1. The van der Waals surface area contributed by atoms with Gasteiger partial charge in [-0.15, -0.1) is 0 Å². The zero-order chi connectivity index (χ0) is 14.2. The number of amides is 1. The van der Waals surface area contributed by atoms with Gasteiger partial charge in [0.1, 0.15) is 0 Å². The van der Waals surface area contributed by atoms with Crippen LogP contribution >= 0.6 is 31.9 Å². The Balaban J connectivity index is 2.30. The molecule has 1 aromatic heterocycles. The third kappa shape index (κ3) is 2.98. The minimum absolute atomic E-state index is 0.239. The molecule has 7 heteroatoms. The van der Waals surface area contributed by atoms with E-state index in [9.17, 15) is 4.79 Å². The van der Waals surface area contributed by atoms with Crippen molar-refractivity contribution in [2.45, 2.75) is 6.92 Å². The van der Waals surface area contributed by atoms with Crippen molar-refractivity contribution in [1.29, 1.82) is 0 Å². The van der Waals surface area contributed by atoms with Gasteiger partial charge in [0.25, 0.3) is 5.91 Å². The van der Waals surface area contributed by atoms with Crippen LogP contribution in [0.5, 0.6) is 0 Å². The van der Waals surface area contributed by atoms with Crippen LogP contribution in [0.2, 0.25) is 0 Å². The predicted molar refractivity (Wildman–Crippen MR) is 82.2 cm³/mol. The fourth-order valence-corrected chi connectivity index (χ4v) is 2.98. The van der Waals surface area contributed by atoms with Crippen LogP contribution in [0, 0.1) is 6.92 Å². The Labute approximate surface area is 127 Å². The minimum atomic E-state index is -0.239. The Kier molecular flexibility index (Phi) is 3.96. The van der Waals surface area contributed by atoms with Gasteiger partial charge < -0.3 is 11.1 Å². The van der Waals surface area contributed by atoms with Crippen molar-refractivity contribution in [3.05, 3.63) is 38.4 Å². The van der Waals surface area contributed by atoms with E-state index >= 15 is 0 Å². The normalized spacial score (nSPS) is 10.5. The summed E-state index contributed by atoms with van der Waals surface area (Å²) in [5.41, 5.74) is 7.57. The first-order chi connectivity index (χ1) is 8.88. The van der Waals surface area contributed by atoms with Gasteiger partial charge in [-0.1, -0.05) is 31.9 Å². The molecule has 1 heterocycles. The van der Waals surface area contributed by atoms with Gasteiger partial charge in [-0.2, -0.15) is 5.10 Å². The zero-order valence-electron chi connectivity index (χ0n) is 10.4. The maximum atomic E-state index is 12.2. The van der Waals surface area contributed by atoms with Gasteiger partial charge in [0.2, 0.25) is 0 Å². The number of nitrogen functional groups attached to an aromatic ring is 1. The highest BCUT2D eigenvalue weighted by Crippen LogP contribution is 2.24. The molecule has 0 saturated carbocycles. The maximum Gasteiger partial charge on any atom is 0.256 e. The SMILES string of the molecule is Cc1nn(C)c(NC(=O)c2cc(Br)cc(Br)c2)c1N. The molecule has 0 spiro atoms. The number of nitrogens with zero attached hydrogens (tertiary/aromatic N) is 2. The van der Waals surface area contributed by atoms with Gasteiger partial charge in [-0.25, -0.2) is 0 Å². The first kappa shape index (κ1) is 14.1. The predicted octanol–water partition coefficient (Wildman–Crippen LogP) is 3.09. The van der Waals surface area contributed by atoms with Crippen LogP contribution in [0.4, 0.5) is 11.5 Å². The number of nitrogens with two attached hydrogens (primary N) is 1. The molecule has 0 atom stereocenters. The largest absolute Gasteiger partial charge is 0.394 e. The highest BCUT2D eigenvalue weighted by Gasteiger charge is 2.14. The number of benzene rings is 1. The molecule has 0 aliphatic rings. The number of hydrogen-bond donors (Lipinski definition) is 2. The third-order valence-electron chi connectivity index (χ3n) is 2.63. The molecule has 5 nitrogen and oxygen atoms in total. The van der Waals surface area contributed by atoms with Crippen LogP contribution in [0.25, 0.3) is 0 Å². The number of halogens is 2. The Hall–Kier alpha value is -1.34. The highest BCUT2D eigenvalue weighted by atomic mass is 79.9. The van der Waals surface area contributed by atoms with E-state index in [-0.39, 0.29) is 5.91 Å². The summed E-state index contributed by atoms with van der Waals surface area (Å²) >= 11 is 6.70. The fraction of sp³-hybridized carbons (Fsp3) is 0.167. The first-order valence-corrected chi connectivity index (χ1v) is 7.03. The lowest BCUT2D eigenvalue weighted by Gasteiger charge is -2.07. The molecule has 100 valence electrons. The van der Waals surface area contributed by atoms with Gasteiger partial charge in [0.15, 0.2) is 5.82 Å². The summed E-state index contributed by atoms with van der Waals surface area (Å²) in [4.78, 5) is 12.2. The van der Waals surface area contributed by atoms with Crippen molar-refractivity contribution in [3.63, 3.8) is 0 Å². The molecule has 0 saturated heterocycles. The standard InChI is InChI=1S/C12H12Br2N4O/c1-6-10(15)11(18(2)17-6)16-12(19)7-3-8(13)5-9(14)4-7/h3-5H,15H2,1-2H3,(H,16,19). The average molecular weight is 388 g/mol. The third-order valence-corrected chi connectivity index (χ3v) is 3.54. The van der Waals surface area contributed by atoms with Crippen LogP contribution in [0.3, 0.4) is 0 Å². The van der Waals surface area contributed by atoms with Gasteiger partial charge in [0.05, 0.1) is 11.4 Å². The zero-order valence-corrected chi connectivity index (χ0v) is 13.5. The molecule has 0 unspecified atom stereocenters. The molecule has 0 aliphatic carbocycles. The lowest BCUT2D eigenvalue weighted by molar-refractivity contribution is 0.102. The second-order valence-electron chi connectivity index (χ2n) is 4.08. The van der Waals surface area contributed by atoms with Crippen LogP contribution in [-0.2, 0) is 7.05 Å². The molecule has 0 aliphatic heterocycles. The number of carbonyl (C=O) groups excluding carboxylic acids is 1. The number of aryl methyl sites for hydroxylation is 2. The Morgan fingerprint density at radius 1 is 1.32 bits per heavy atom. The van der Waals surface area contributed by atoms with E-state index < -0.39 is 0 Å². The number of hydrogen-bond acceptors (Lipinski definition) is 3. The maximum absolute atomic E-state index is 12.2. The second kappa shape index (κ2) is 5.34. The summed E-state index contributed by atoms with van der Waals surface area (Å²) in [5, 5.41) is 6.92. The summed E-state index contributed by atoms with van der Waals surface area (Å²) in [7, 11) is 1.73. The van der Waals surface area contributed by atoms with Crippen molar-refractivity contribution in [2.75, 3.05) is 11.1 Å². The molecule has 3 N–H and O–H groups in total. The van der Waals surface area contributed by atoms with Gasteiger partial charge in [-0.05, 0) is 25.1 Å². The fourth-order valence-electron chi connectivity index (χ4n) is 1.69. The Bertz CT molecular complexity index is 631. The molecule has 1 amide bonds. The van der Waals surface area contributed by atoms with E-state index in [1.807, 2.05) is 6.07 Å². The summed E-state index contributed by atoms with van der Waals surface area (Å²) in [6.07, 6.45) is 0. The molecule has 19 heavy (non-hydrogen) atoms. The topological polar surface area (TPSA) is 72.9 Å². The van der Waals surface area contributed by atoms with Crippen molar-refractivity contribution in [3.8, 4) is 0 Å². The van der Waals surface area contributed by atoms with E-state index in [0.29, 0.717) is 22.8 Å². The average Bonchev–Trinajstić information content (AvgIpc) is 2.54. The van der Waals surface area contributed by atoms with Crippen molar-refractivity contribution < 1.29 is 4.79 Å². The minimum Gasteiger partial charge on any atom is -0.394 e.